The molecule has 0 radical (unpaired) electrons. The Morgan fingerprint density at radius 3 is 3.07 bits per heavy atom. The summed E-state index contributed by atoms with van der Waals surface area (Å²) in [6.45, 7) is 2.97. The van der Waals surface area contributed by atoms with Crippen molar-refractivity contribution in [3.8, 4) is 0 Å². The van der Waals surface area contributed by atoms with Crippen LogP contribution in [0.1, 0.15) is 18.4 Å². The summed E-state index contributed by atoms with van der Waals surface area (Å²) in [7, 11) is 0. The molecule has 15 heavy (non-hydrogen) atoms. The number of nitrogens with one attached hydrogen (secondary N) is 2. The third-order valence-corrected chi connectivity index (χ3v) is 2.66. The zero-order valence-corrected chi connectivity index (χ0v) is 8.92. The second-order valence-electron chi connectivity index (χ2n) is 4.01. The van der Waals surface area contributed by atoms with E-state index in [1.807, 2.05) is 31.2 Å². The molecule has 1 fully saturated rings. The van der Waals surface area contributed by atoms with Crippen molar-refractivity contribution in [2.24, 2.45) is 0 Å². The van der Waals surface area contributed by atoms with E-state index in [0.29, 0.717) is 0 Å². The molecule has 1 aliphatic rings. The van der Waals surface area contributed by atoms with Gasteiger partial charge in [0.05, 0.1) is 6.04 Å². The van der Waals surface area contributed by atoms with Crippen LogP contribution < -0.4 is 10.6 Å². The highest BCUT2D eigenvalue weighted by atomic mass is 16.2. The highest BCUT2D eigenvalue weighted by Crippen LogP contribution is 2.12. The minimum atomic E-state index is -0.00878. The summed E-state index contributed by atoms with van der Waals surface area (Å²) in [6.07, 6.45) is 2.03. The lowest BCUT2D eigenvalue weighted by molar-refractivity contribution is -0.117. The minimum Gasteiger partial charge on any atom is -0.325 e. The number of benzene rings is 1. The van der Waals surface area contributed by atoms with Crippen LogP contribution in [0.2, 0.25) is 0 Å². The van der Waals surface area contributed by atoms with E-state index >= 15 is 0 Å². The molecule has 1 amide bonds. The van der Waals surface area contributed by atoms with Gasteiger partial charge in [-0.3, -0.25) is 4.79 Å². The number of carbonyl (C=O) groups excluding carboxylic acids is 1. The van der Waals surface area contributed by atoms with Crippen LogP contribution >= 0.6 is 0 Å². The van der Waals surface area contributed by atoms with Crippen molar-refractivity contribution in [3.63, 3.8) is 0 Å². The number of anilines is 1. The van der Waals surface area contributed by atoms with Crippen molar-refractivity contribution in [2.45, 2.75) is 25.8 Å². The lowest BCUT2D eigenvalue weighted by Crippen LogP contribution is -2.35. The predicted molar refractivity (Wildman–Crippen MR) is 60.8 cm³/mol. The Bertz CT molecular complexity index is 356. The molecule has 0 aromatic heterocycles. The van der Waals surface area contributed by atoms with Gasteiger partial charge in [0.1, 0.15) is 0 Å². The van der Waals surface area contributed by atoms with E-state index in [1.165, 1.54) is 0 Å². The van der Waals surface area contributed by atoms with Crippen molar-refractivity contribution < 1.29 is 4.79 Å². The second kappa shape index (κ2) is 4.45. The van der Waals surface area contributed by atoms with Gasteiger partial charge in [0.15, 0.2) is 0 Å². The van der Waals surface area contributed by atoms with Gasteiger partial charge in [-0.25, -0.2) is 0 Å². The van der Waals surface area contributed by atoms with Crippen molar-refractivity contribution >= 4 is 11.6 Å². The molecule has 3 nitrogen and oxygen atoms in total. The molecule has 3 heteroatoms. The van der Waals surface area contributed by atoms with Crippen LogP contribution in [0, 0.1) is 6.92 Å². The zero-order valence-electron chi connectivity index (χ0n) is 8.92. The number of rotatable bonds is 2. The Kier molecular flexibility index (Phi) is 3.02. The molecule has 0 spiro atoms. The molecule has 1 aliphatic heterocycles. The summed E-state index contributed by atoms with van der Waals surface area (Å²) in [5.74, 6) is 0.0816. The van der Waals surface area contributed by atoms with Crippen LogP contribution in [0.5, 0.6) is 0 Å². The van der Waals surface area contributed by atoms with E-state index in [9.17, 15) is 4.79 Å². The molecule has 80 valence electrons. The maximum Gasteiger partial charge on any atom is 0.241 e. The number of amides is 1. The largest absolute Gasteiger partial charge is 0.325 e. The maximum absolute atomic E-state index is 11.8. The van der Waals surface area contributed by atoms with Crippen molar-refractivity contribution in [1.29, 1.82) is 0 Å². The van der Waals surface area contributed by atoms with Crippen molar-refractivity contribution in [3.05, 3.63) is 29.8 Å². The highest BCUT2D eigenvalue weighted by molar-refractivity contribution is 5.95. The molecule has 1 aromatic carbocycles. The second-order valence-corrected chi connectivity index (χ2v) is 4.01. The van der Waals surface area contributed by atoms with Crippen LogP contribution in [0.3, 0.4) is 0 Å². The summed E-state index contributed by atoms with van der Waals surface area (Å²) < 4.78 is 0. The quantitative estimate of drug-likeness (QED) is 0.769. The van der Waals surface area contributed by atoms with E-state index in [-0.39, 0.29) is 11.9 Å². The fourth-order valence-corrected chi connectivity index (χ4v) is 1.86. The molecule has 1 heterocycles. The van der Waals surface area contributed by atoms with Gasteiger partial charge in [-0.15, -0.1) is 0 Å². The average molecular weight is 204 g/mol. The van der Waals surface area contributed by atoms with Crippen LogP contribution in [0.25, 0.3) is 0 Å². The molecule has 1 saturated heterocycles. The molecule has 2 rings (SSSR count). The summed E-state index contributed by atoms with van der Waals surface area (Å²) in [4.78, 5) is 11.8. The maximum atomic E-state index is 11.8. The summed E-state index contributed by atoms with van der Waals surface area (Å²) in [5.41, 5.74) is 2.04. The summed E-state index contributed by atoms with van der Waals surface area (Å²) >= 11 is 0. The van der Waals surface area contributed by atoms with Gasteiger partial charge in [0, 0.05) is 5.69 Å². The fourth-order valence-electron chi connectivity index (χ4n) is 1.86. The van der Waals surface area contributed by atoms with E-state index in [2.05, 4.69) is 10.6 Å². The van der Waals surface area contributed by atoms with Gasteiger partial charge in [-0.1, -0.05) is 12.1 Å². The third kappa shape index (κ3) is 2.57. The SMILES string of the molecule is Cc1cccc(NC(=O)C2CCCN2)c1. The van der Waals surface area contributed by atoms with Crippen LogP contribution in [0.15, 0.2) is 24.3 Å². The first kappa shape index (κ1) is 10.2. The smallest absolute Gasteiger partial charge is 0.241 e. The molecule has 0 saturated carbocycles. The van der Waals surface area contributed by atoms with Gasteiger partial charge < -0.3 is 10.6 Å². The van der Waals surface area contributed by atoms with Gasteiger partial charge in [0.25, 0.3) is 0 Å². The number of carbonyl (C=O) groups is 1. The first-order chi connectivity index (χ1) is 7.25. The van der Waals surface area contributed by atoms with Crippen LogP contribution in [-0.4, -0.2) is 18.5 Å². The van der Waals surface area contributed by atoms with Gasteiger partial charge in [0.2, 0.25) is 5.91 Å². The normalized spacial score (nSPS) is 20.2. The Labute approximate surface area is 89.9 Å². The number of hydrogen-bond acceptors (Lipinski definition) is 2. The predicted octanol–water partition coefficient (Wildman–Crippen LogP) is 1.69. The lowest BCUT2D eigenvalue weighted by Gasteiger charge is -2.11. The molecule has 1 atom stereocenters. The summed E-state index contributed by atoms with van der Waals surface area (Å²) in [5, 5.41) is 6.10. The minimum absolute atomic E-state index is 0.00878. The summed E-state index contributed by atoms with van der Waals surface area (Å²) in [6, 6.07) is 7.86. The number of hydrogen-bond donors (Lipinski definition) is 2. The van der Waals surface area contributed by atoms with Gasteiger partial charge >= 0.3 is 0 Å². The van der Waals surface area contributed by atoms with E-state index in [4.69, 9.17) is 0 Å². The zero-order chi connectivity index (χ0) is 10.7. The molecular weight excluding hydrogens is 188 g/mol. The van der Waals surface area contributed by atoms with Crippen molar-refractivity contribution in [1.82, 2.24) is 5.32 Å². The standard InChI is InChI=1S/C12H16N2O/c1-9-4-2-5-10(8-9)14-12(15)11-6-3-7-13-11/h2,4-5,8,11,13H,3,6-7H2,1H3,(H,14,15). The fraction of sp³-hybridized carbons (Fsp3) is 0.417. The van der Waals surface area contributed by atoms with Crippen molar-refractivity contribution in [2.75, 3.05) is 11.9 Å². The first-order valence-electron chi connectivity index (χ1n) is 5.36. The molecule has 0 bridgehead atoms. The van der Waals surface area contributed by atoms with Gasteiger partial charge in [-0.2, -0.15) is 0 Å². The first-order valence-corrected chi connectivity index (χ1v) is 5.36. The van der Waals surface area contributed by atoms with E-state index in [1.54, 1.807) is 0 Å². The Balaban J connectivity index is 1.99. The topological polar surface area (TPSA) is 41.1 Å². The highest BCUT2D eigenvalue weighted by Gasteiger charge is 2.21. The Hall–Kier alpha value is -1.35. The Morgan fingerprint density at radius 2 is 2.40 bits per heavy atom. The van der Waals surface area contributed by atoms with Crippen LogP contribution in [-0.2, 0) is 4.79 Å². The monoisotopic (exact) mass is 204 g/mol. The molecule has 2 N–H and O–H groups in total. The van der Waals surface area contributed by atoms with E-state index in [0.717, 1.165) is 30.6 Å². The Morgan fingerprint density at radius 1 is 1.53 bits per heavy atom. The average Bonchev–Trinajstić information content (AvgIpc) is 2.70. The molecular formula is C12H16N2O. The molecule has 1 aromatic rings. The number of aryl methyl sites for hydroxylation is 1. The lowest BCUT2D eigenvalue weighted by atomic mass is 10.2. The van der Waals surface area contributed by atoms with Crippen LogP contribution in [0.4, 0.5) is 5.69 Å². The third-order valence-electron chi connectivity index (χ3n) is 2.66. The molecule has 1 unspecified atom stereocenters. The van der Waals surface area contributed by atoms with Gasteiger partial charge in [-0.05, 0) is 44.0 Å². The molecule has 0 aliphatic carbocycles. The van der Waals surface area contributed by atoms with E-state index < -0.39 is 0 Å².